The van der Waals surface area contributed by atoms with Gasteiger partial charge in [0.05, 0.1) is 39.3 Å². The Bertz CT molecular complexity index is 978. The van der Waals surface area contributed by atoms with E-state index >= 15 is 0 Å². The first kappa shape index (κ1) is 20.8. The SMILES string of the molecule is CC1(C)C(=CC=C2C=C(C#N)C=CC2=O)N(CCC[N+](C)(C)C)c2ccccc21. The molecule has 150 valence electrons. The number of fused-ring (bicyclic) bond motifs is 1. The molecule has 1 heterocycles. The van der Waals surface area contributed by atoms with Crippen LogP contribution >= 0.6 is 0 Å². The van der Waals surface area contributed by atoms with Crippen LogP contribution in [0.1, 0.15) is 25.8 Å². The summed E-state index contributed by atoms with van der Waals surface area (Å²) >= 11 is 0. The summed E-state index contributed by atoms with van der Waals surface area (Å²) in [5.74, 6) is -0.0641. The molecule has 0 bridgehead atoms. The summed E-state index contributed by atoms with van der Waals surface area (Å²) < 4.78 is 0.935. The van der Waals surface area contributed by atoms with E-state index in [4.69, 9.17) is 5.26 Å². The number of benzene rings is 1. The fraction of sp³-hybridized carbons (Fsp3) is 0.360. The minimum atomic E-state index is -0.153. The van der Waals surface area contributed by atoms with E-state index in [9.17, 15) is 4.79 Å². The van der Waals surface area contributed by atoms with Crippen LogP contribution in [0.5, 0.6) is 0 Å². The van der Waals surface area contributed by atoms with Gasteiger partial charge in [0.2, 0.25) is 0 Å². The zero-order valence-corrected chi connectivity index (χ0v) is 18.1. The van der Waals surface area contributed by atoms with Gasteiger partial charge in [0.15, 0.2) is 5.78 Å². The molecule has 1 aromatic carbocycles. The largest absolute Gasteiger partial charge is 0.344 e. The van der Waals surface area contributed by atoms with Gasteiger partial charge in [0, 0.05) is 35.3 Å². The maximum absolute atomic E-state index is 12.3. The van der Waals surface area contributed by atoms with E-state index < -0.39 is 0 Å². The fourth-order valence-corrected chi connectivity index (χ4v) is 4.00. The van der Waals surface area contributed by atoms with E-state index in [1.807, 2.05) is 6.08 Å². The number of allylic oxidation sites excluding steroid dienone is 8. The van der Waals surface area contributed by atoms with Crippen LogP contribution in [-0.2, 0) is 10.2 Å². The van der Waals surface area contributed by atoms with Crippen molar-refractivity contribution in [2.24, 2.45) is 0 Å². The third kappa shape index (κ3) is 4.41. The molecule has 1 aliphatic heterocycles. The van der Waals surface area contributed by atoms with E-state index in [-0.39, 0.29) is 11.2 Å². The molecule has 4 heteroatoms. The van der Waals surface area contributed by atoms with Crippen LogP contribution in [-0.4, -0.2) is 44.5 Å². The number of hydrogen-bond donors (Lipinski definition) is 0. The standard InChI is InChI=1S/C25H30N3O/c1-25(2)21-9-6-7-10-22(21)27(15-8-16-28(3,4)5)24(25)14-12-20-17-19(18-26)11-13-23(20)29/h6-7,9-14,17H,8,15-16H2,1-5H3/q+1. The molecule has 0 saturated heterocycles. The van der Waals surface area contributed by atoms with Crippen LogP contribution < -0.4 is 4.90 Å². The average Bonchev–Trinajstić information content (AvgIpc) is 2.87. The van der Waals surface area contributed by atoms with Gasteiger partial charge in [-0.05, 0) is 42.0 Å². The minimum absolute atomic E-state index is 0.0641. The lowest BCUT2D eigenvalue weighted by Gasteiger charge is -2.29. The Morgan fingerprint density at radius 1 is 1.14 bits per heavy atom. The second-order valence-corrected chi connectivity index (χ2v) is 9.24. The predicted molar refractivity (Wildman–Crippen MR) is 118 cm³/mol. The van der Waals surface area contributed by atoms with E-state index in [2.05, 4.69) is 76.3 Å². The van der Waals surface area contributed by atoms with Crippen molar-refractivity contribution in [3.8, 4) is 6.07 Å². The molecule has 0 fully saturated rings. The van der Waals surface area contributed by atoms with Gasteiger partial charge in [0.25, 0.3) is 0 Å². The average molecular weight is 389 g/mol. The van der Waals surface area contributed by atoms with Gasteiger partial charge < -0.3 is 9.38 Å². The van der Waals surface area contributed by atoms with Crippen molar-refractivity contribution >= 4 is 11.5 Å². The number of quaternary nitrogens is 1. The molecule has 0 unspecified atom stereocenters. The molecule has 1 aliphatic carbocycles. The number of carbonyl (C=O) groups is 1. The van der Waals surface area contributed by atoms with Crippen molar-refractivity contribution in [3.05, 3.63) is 77.1 Å². The Morgan fingerprint density at radius 2 is 1.86 bits per heavy atom. The first-order chi connectivity index (χ1) is 13.6. The van der Waals surface area contributed by atoms with Gasteiger partial charge in [-0.3, -0.25) is 4.79 Å². The number of anilines is 1. The highest BCUT2D eigenvalue weighted by Gasteiger charge is 2.39. The second kappa shape index (κ2) is 7.85. The van der Waals surface area contributed by atoms with Crippen molar-refractivity contribution in [3.63, 3.8) is 0 Å². The Kier molecular flexibility index (Phi) is 5.64. The molecule has 0 radical (unpaired) electrons. The van der Waals surface area contributed by atoms with E-state index in [1.54, 1.807) is 12.2 Å². The lowest BCUT2D eigenvalue weighted by atomic mass is 9.83. The molecule has 0 amide bonds. The lowest BCUT2D eigenvalue weighted by Crippen LogP contribution is -2.37. The van der Waals surface area contributed by atoms with Crippen LogP contribution in [0.25, 0.3) is 0 Å². The molecule has 0 saturated carbocycles. The number of para-hydroxylation sites is 1. The quantitative estimate of drug-likeness (QED) is 0.559. The maximum Gasteiger partial charge on any atom is 0.185 e. The highest BCUT2D eigenvalue weighted by molar-refractivity contribution is 6.08. The molecule has 0 atom stereocenters. The second-order valence-electron chi connectivity index (χ2n) is 9.24. The summed E-state index contributed by atoms with van der Waals surface area (Å²) in [5, 5.41) is 9.15. The first-order valence-electron chi connectivity index (χ1n) is 10.1. The minimum Gasteiger partial charge on any atom is -0.344 e. The number of hydrogen-bond acceptors (Lipinski definition) is 3. The molecule has 3 rings (SSSR count). The zero-order chi connectivity index (χ0) is 21.2. The predicted octanol–water partition coefficient (Wildman–Crippen LogP) is 4.28. The molecule has 0 N–H and O–H groups in total. The molecule has 29 heavy (non-hydrogen) atoms. The Balaban J connectivity index is 1.98. The third-order valence-electron chi connectivity index (χ3n) is 5.57. The number of rotatable bonds is 5. The topological polar surface area (TPSA) is 44.1 Å². The number of nitriles is 1. The maximum atomic E-state index is 12.3. The summed E-state index contributed by atoms with van der Waals surface area (Å²) in [6, 6.07) is 10.7. The summed E-state index contributed by atoms with van der Waals surface area (Å²) in [7, 11) is 6.64. The third-order valence-corrected chi connectivity index (χ3v) is 5.57. The van der Waals surface area contributed by atoms with Crippen molar-refractivity contribution in [2.45, 2.75) is 25.7 Å². The zero-order valence-electron chi connectivity index (χ0n) is 18.1. The Labute approximate surface area is 174 Å². The van der Waals surface area contributed by atoms with Crippen LogP contribution in [0.3, 0.4) is 0 Å². The van der Waals surface area contributed by atoms with Crippen LogP contribution in [0.2, 0.25) is 0 Å². The lowest BCUT2D eigenvalue weighted by molar-refractivity contribution is -0.870. The van der Waals surface area contributed by atoms with Crippen LogP contribution in [0.15, 0.2) is 71.5 Å². The first-order valence-corrected chi connectivity index (χ1v) is 10.1. The molecule has 1 aromatic rings. The highest BCUT2D eigenvalue weighted by atomic mass is 16.1. The van der Waals surface area contributed by atoms with Gasteiger partial charge in [-0.15, -0.1) is 0 Å². The van der Waals surface area contributed by atoms with E-state index in [0.717, 1.165) is 24.0 Å². The Hall–Kier alpha value is -2.90. The molecule has 0 spiro atoms. The number of carbonyl (C=O) groups excluding carboxylic acids is 1. The van der Waals surface area contributed by atoms with Gasteiger partial charge in [-0.25, -0.2) is 0 Å². The van der Waals surface area contributed by atoms with Gasteiger partial charge in [-0.2, -0.15) is 5.26 Å². The monoisotopic (exact) mass is 388 g/mol. The van der Waals surface area contributed by atoms with Gasteiger partial charge in [-0.1, -0.05) is 32.0 Å². The van der Waals surface area contributed by atoms with Crippen molar-refractivity contribution < 1.29 is 9.28 Å². The van der Waals surface area contributed by atoms with Crippen molar-refractivity contribution in [1.29, 1.82) is 5.26 Å². The summed E-state index contributed by atoms with van der Waals surface area (Å²) in [6.45, 7) is 6.48. The van der Waals surface area contributed by atoms with E-state index in [1.165, 1.54) is 23.0 Å². The molecular weight excluding hydrogens is 358 g/mol. The molecule has 4 nitrogen and oxygen atoms in total. The number of ketones is 1. The Morgan fingerprint density at radius 3 is 2.55 bits per heavy atom. The summed E-state index contributed by atoms with van der Waals surface area (Å²) in [4.78, 5) is 14.6. The fourth-order valence-electron chi connectivity index (χ4n) is 4.00. The van der Waals surface area contributed by atoms with Gasteiger partial charge >= 0.3 is 0 Å². The summed E-state index contributed by atoms with van der Waals surface area (Å²) in [6.07, 6.45) is 9.69. The van der Waals surface area contributed by atoms with Crippen molar-refractivity contribution in [2.75, 3.05) is 39.1 Å². The highest BCUT2D eigenvalue weighted by Crippen LogP contribution is 2.47. The molecular formula is C25H30N3O+. The number of nitrogens with zero attached hydrogens (tertiary/aromatic N) is 3. The summed E-state index contributed by atoms with van der Waals surface area (Å²) in [5.41, 5.74) is 4.63. The van der Waals surface area contributed by atoms with Crippen LogP contribution in [0.4, 0.5) is 5.69 Å². The van der Waals surface area contributed by atoms with Crippen LogP contribution in [0, 0.1) is 11.3 Å². The smallest absolute Gasteiger partial charge is 0.185 e. The normalized spacial score (nSPS) is 20.8. The molecule has 0 aromatic heterocycles. The van der Waals surface area contributed by atoms with Crippen molar-refractivity contribution in [1.82, 2.24) is 0 Å². The van der Waals surface area contributed by atoms with E-state index in [0.29, 0.717) is 11.1 Å². The van der Waals surface area contributed by atoms with Gasteiger partial charge in [0.1, 0.15) is 0 Å². The molecule has 2 aliphatic rings.